The fourth-order valence-corrected chi connectivity index (χ4v) is 4.39. The number of benzene rings is 1. The summed E-state index contributed by atoms with van der Waals surface area (Å²) < 4.78 is 5.41. The summed E-state index contributed by atoms with van der Waals surface area (Å²) in [6, 6.07) is 7.78. The lowest BCUT2D eigenvalue weighted by molar-refractivity contribution is -0.128. The number of carbonyl (C=O) groups is 4. The number of H-pyrrole nitrogens is 1. The van der Waals surface area contributed by atoms with Gasteiger partial charge in [-0.15, -0.1) is 0 Å². The summed E-state index contributed by atoms with van der Waals surface area (Å²) >= 11 is 0. The molecular weight excluding hydrogens is 400 g/mol. The number of nitrogens with one attached hydrogen (secondary N) is 3. The average Bonchev–Trinajstić information content (AvgIpc) is 3.50. The van der Waals surface area contributed by atoms with Crippen molar-refractivity contribution in [3.05, 3.63) is 36.0 Å². The number of carbonyl (C=O) groups excluding carboxylic acids is 4. The lowest BCUT2D eigenvalue weighted by atomic mass is 9.99. The second-order valence-electron chi connectivity index (χ2n) is 8.10. The highest BCUT2D eigenvalue weighted by atomic mass is 16.5. The Hall–Kier alpha value is -3.20. The number of likely N-dealkylation sites (tertiary alicyclic amines) is 1. The summed E-state index contributed by atoms with van der Waals surface area (Å²) in [6.07, 6.45) is 1.59. The van der Waals surface area contributed by atoms with Gasteiger partial charge in [-0.2, -0.15) is 0 Å². The minimum absolute atomic E-state index is 0.1000. The molecule has 0 aliphatic carbocycles. The van der Waals surface area contributed by atoms with E-state index in [9.17, 15) is 19.2 Å². The van der Waals surface area contributed by atoms with Gasteiger partial charge in [0, 0.05) is 43.4 Å². The first kappa shape index (κ1) is 21.0. The van der Waals surface area contributed by atoms with Crippen LogP contribution in [0.3, 0.4) is 0 Å². The monoisotopic (exact) mass is 426 g/mol. The van der Waals surface area contributed by atoms with Gasteiger partial charge in [-0.3, -0.25) is 14.4 Å². The van der Waals surface area contributed by atoms with E-state index in [4.69, 9.17) is 4.74 Å². The molecule has 3 amide bonds. The van der Waals surface area contributed by atoms with Crippen molar-refractivity contribution in [1.82, 2.24) is 20.5 Å². The molecule has 2 saturated heterocycles. The second-order valence-corrected chi connectivity index (χ2v) is 8.10. The molecule has 3 N–H and O–H groups in total. The minimum atomic E-state index is -0.784. The molecule has 2 aliphatic rings. The van der Waals surface area contributed by atoms with Crippen LogP contribution in [0.2, 0.25) is 0 Å². The van der Waals surface area contributed by atoms with Gasteiger partial charge in [0.1, 0.15) is 18.0 Å². The maximum absolute atomic E-state index is 13.2. The van der Waals surface area contributed by atoms with E-state index in [-0.39, 0.29) is 36.8 Å². The third-order valence-corrected chi connectivity index (χ3v) is 6.11. The summed E-state index contributed by atoms with van der Waals surface area (Å²) in [5.74, 6) is -1.11. The number of nitrogens with zero attached hydrogens (tertiary/aromatic N) is 1. The molecular formula is C22H26N4O5. The average molecular weight is 426 g/mol. The predicted molar refractivity (Wildman–Crippen MR) is 112 cm³/mol. The largest absolute Gasteiger partial charge is 0.380 e. The highest BCUT2D eigenvalue weighted by Gasteiger charge is 2.41. The first-order valence-corrected chi connectivity index (χ1v) is 10.4. The second kappa shape index (κ2) is 8.89. The van der Waals surface area contributed by atoms with Gasteiger partial charge in [0.05, 0.1) is 12.1 Å². The molecule has 0 bridgehead atoms. The van der Waals surface area contributed by atoms with Gasteiger partial charge in [-0.05, 0) is 25.0 Å². The summed E-state index contributed by atoms with van der Waals surface area (Å²) in [6.45, 7) is 0.855. The number of aromatic nitrogens is 1. The van der Waals surface area contributed by atoms with E-state index in [1.165, 1.54) is 4.90 Å². The standard InChI is InChI=1S/C22H26N4O5/c1-31-16-10-19(21(29)24-15(12-27)8-14-6-7-23-20(14)28)26(11-16)22(30)18-9-13-4-2-3-5-17(13)25-18/h2-5,9,12,14-16,19,25H,6-8,10-11H2,1H3,(H,23,28)(H,24,29)/t14-,15-,16-,19-/m0/s1. The number of hydrogen-bond donors (Lipinski definition) is 3. The Kier molecular flexibility index (Phi) is 6.03. The van der Waals surface area contributed by atoms with Crippen molar-refractivity contribution in [2.75, 3.05) is 20.2 Å². The number of methoxy groups -OCH3 is 1. The van der Waals surface area contributed by atoms with Crippen LogP contribution in [0.4, 0.5) is 0 Å². The van der Waals surface area contributed by atoms with Crippen molar-refractivity contribution in [1.29, 1.82) is 0 Å². The SMILES string of the molecule is CO[C@H]1C[C@@H](C(=O)N[C@H](C=O)C[C@@H]2CCNC2=O)N(C(=O)c2cc3ccccc3[nH]2)C1. The first-order chi connectivity index (χ1) is 15.0. The van der Waals surface area contributed by atoms with Crippen LogP contribution in [0.15, 0.2) is 30.3 Å². The third-order valence-electron chi connectivity index (χ3n) is 6.11. The van der Waals surface area contributed by atoms with Crippen molar-refractivity contribution in [2.45, 2.75) is 37.5 Å². The topological polar surface area (TPSA) is 121 Å². The number of para-hydroxylation sites is 1. The van der Waals surface area contributed by atoms with E-state index in [1.54, 1.807) is 13.2 Å². The van der Waals surface area contributed by atoms with E-state index in [0.29, 0.717) is 31.4 Å². The van der Waals surface area contributed by atoms with Crippen LogP contribution in [0.25, 0.3) is 10.9 Å². The molecule has 4 rings (SSSR count). The zero-order chi connectivity index (χ0) is 22.0. The Morgan fingerprint density at radius 2 is 2.16 bits per heavy atom. The van der Waals surface area contributed by atoms with Gasteiger partial charge in [-0.1, -0.05) is 18.2 Å². The van der Waals surface area contributed by atoms with Crippen LogP contribution in [0.1, 0.15) is 29.8 Å². The van der Waals surface area contributed by atoms with Crippen molar-refractivity contribution >= 4 is 34.9 Å². The minimum Gasteiger partial charge on any atom is -0.380 e. The van der Waals surface area contributed by atoms with Crippen molar-refractivity contribution < 1.29 is 23.9 Å². The molecule has 1 aromatic carbocycles. The van der Waals surface area contributed by atoms with Gasteiger partial charge in [0.25, 0.3) is 5.91 Å². The van der Waals surface area contributed by atoms with Crippen molar-refractivity contribution in [2.24, 2.45) is 5.92 Å². The maximum atomic E-state index is 13.2. The Labute approximate surface area is 179 Å². The molecule has 4 atom stereocenters. The van der Waals surface area contributed by atoms with Crippen molar-refractivity contribution in [3.63, 3.8) is 0 Å². The quantitative estimate of drug-likeness (QED) is 0.560. The maximum Gasteiger partial charge on any atom is 0.271 e. The van der Waals surface area contributed by atoms with Gasteiger partial charge in [-0.25, -0.2) is 0 Å². The number of aromatic amines is 1. The fraction of sp³-hybridized carbons (Fsp3) is 0.455. The smallest absolute Gasteiger partial charge is 0.271 e. The first-order valence-electron chi connectivity index (χ1n) is 10.4. The predicted octanol–water partition coefficient (Wildman–Crippen LogP) is 0.607. The lowest BCUT2D eigenvalue weighted by Gasteiger charge is -2.25. The van der Waals surface area contributed by atoms with Crippen LogP contribution >= 0.6 is 0 Å². The number of amides is 3. The van der Waals surface area contributed by atoms with E-state index >= 15 is 0 Å². The van der Waals surface area contributed by atoms with Gasteiger partial charge in [0.15, 0.2) is 0 Å². The van der Waals surface area contributed by atoms with Crippen LogP contribution in [-0.4, -0.2) is 72.3 Å². The zero-order valence-corrected chi connectivity index (χ0v) is 17.3. The summed E-state index contributed by atoms with van der Waals surface area (Å²) in [4.78, 5) is 54.2. The number of aldehydes is 1. The van der Waals surface area contributed by atoms with Crippen LogP contribution < -0.4 is 10.6 Å². The number of hydrogen-bond acceptors (Lipinski definition) is 5. The Morgan fingerprint density at radius 3 is 2.84 bits per heavy atom. The van der Waals surface area contributed by atoms with Crippen LogP contribution in [-0.2, 0) is 19.1 Å². The lowest BCUT2D eigenvalue weighted by Crippen LogP contribution is -2.49. The zero-order valence-electron chi connectivity index (χ0n) is 17.3. The van der Waals surface area contributed by atoms with Crippen molar-refractivity contribution in [3.8, 4) is 0 Å². The normalized spacial score (nSPS) is 24.2. The number of rotatable bonds is 7. The number of fused-ring (bicyclic) bond motifs is 1. The Bertz CT molecular complexity index is 970. The molecule has 9 heteroatoms. The Balaban J connectivity index is 1.49. The van der Waals surface area contributed by atoms with Gasteiger partial charge in [0.2, 0.25) is 11.8 Å². The molecule has 31 heavy (non-hydrogen) atoms. The fourth-order valence-electron chi connectivity index (χ4n) is 4.39. The molecule has 3 heterocycles. The van der Waals surface area contributed by atoms with E-state index in [0.717, 1.165) is 10.9 Å². The molecule has 2 aliphatic heterocycles. The van der Waals surface area contributed by atoms with E-state index in [1.807, 2.05) is 24.3 Å². The van der Waals surface area contributed by atoms with Crippen LogP contribution in [0.5, 0.6) is 0 Å². The molecule has 2 fully saturated rings. The molecule has 0 spiro atoms. The Morgan fingerprint density at radius 1 is 1.35 bits per heavy atom. The van der Waals surface area contributed by atoms with E-state index < -0.39 is 18.0 Å². The molecule has 2 aromatic rings. The molecule has 9 nitrogen and oxygen atoms in total. The van der Waals surface area contributed by atoms with Gasteiger partial charge >= 0.3 is 0 Å². The molecule has 0 saturated carbocycles. The summed E-state index contributed by atoms with van der Waals surface area (Å²) in [5, 5.41) is 6.36. The van der Waals surface area contributed by atoms with Gasteiger partial charge < -0.3 is 30.0 Å². The molecule has 0 unspecified atom stereocenters. The van der Waals surface area contributed by atoms with Crippen LogP contribution in [0, 0.1) is 5.92 Å². The molecule has 164 valence electrons. The number of ether oxygens (including phenoxy) is 1. The highest BCUT2D eigenvalue weighted by molar-refractivity contribution is 6.00. The highest BCUT2D eigenvalue weighted by Crippen LogP contribution is 2.25. The summed E-state index contributed by atoms with van der Waals surface area (Å²) in [7, 11) is 1.55. The van der Waals surface area contributed by atoms with E-state index in [2.05, 4.69) is 15.6 Å². The molecule has 0 radical (unpaired) electrons. The third kappa shape index (κ3) is 4.32. The molecule has 1 aromatic heterocycles. The summed E-state index contributed by atoms with van der Waals surface area (Å²) in [5.41, 5.74) is 1.23.